The van der Waals surface area contributed by atoms with Crippen LogP contribution in [0, 0.1) is 6.92 Å². The van der Waals surface area contributed by atoms with Crippen LogP contribution in [0.3, 0.4) is 0 Å². The van der Waals surface area contributed by atoms with Gasteiger partial charge in [-0.2, -0.15) is 0 Å². The number of fused-ring (bicyclic) bond motifs is 1. The van der Waals surface area contributed by atoms with Gasteiger partial charge in [-0.25, -0.2) is 0 Å². The first-order chi connectivity index (χ1) is 7.11. The molecule has 2 aromatic rings. The average molecular weight is 206 g/mol. The zero-order valence-electron chi connectivity index (χ0n) is 10.0. The van der Waals surface area contributed by atoms with Gasteiger partial charge in [0.25, 0.3) is 5.56 Å². The molecule has 0 fully saturated rings. The Bertz CT molecular complexity index is 520. The van der Waals surface area contributed by atoms with E-state index in [1.165, 1.54) is 0 Å². The van der Waals surface area contributed by atoms with Crippen LogP contribution in [-0.2, 0) is 14.1 Å². The number of hydrogen-bond acceptors (Lipinski definition) is 1. The number of hydrogen-bond donors (Lipinski definition) is 0. The lowest BCUT2D eigenvalue weighted by Gasteiger charge is -1.99. The van der Waals surface area contributed by atoms with Gasteiger partial charge in [0.2, 0.25) is 0 Å². The van der Waals surface area contributed by atoms with Crippen molar-refractivity contribution in [1.82, 2.24) is 9.36 Å². The van der Waals surface area contributed by atoms with Crippen LogP contribution < -0.4 is 5.56 Å². The molecule has 2 rings (SSSR count). The molecule has 0 saturated carbocycles. The van der Waals surface area contributed by atoms with Crippen LogP contribution >= 0.6 is 0 Å². The highest BCUT2D eigenvalue weighted by Gasteiger charge is 2.06. The lowest BCUT2D eigenvalue weighted by Crippen LogP contribution is -2.16. The highest BCUT2D eigenvalue weighted by Crippen LogP contribution is 2.11. The minimum atomic E-state index is 0.0706. The van der Waals surface area contributed by atoms with Crippen molar-refractivity contribution in [2.75, 3.05) is 0 Å². The summed E-state index contributed by atoms with van der Waals surface area (Å²) in [5.74, 6) is 0. The molecule has 0 bridgehead atoms. The van der Waals surface area contributed by atoms with Crippen molar-refractivity contribution in [3.8, 4) is 0 Å². The summed E-state index contributed by atoms with van der Waals surface area (Å²) in [6.45, 7) is 5.99. The Morgan fingerprint density at radius 2 is 1.67 bits per heavy atom. The van der Waals surface area contributed by atoms with Gasteiger partial charge in [0.1, 0.15) is 0 Å². The minimum absolute atomic E-state index is 0.0706. The molecule has 0 aliphatic rings. The second kappa shape index (κ2) is 4.34. The fourth-order valence-electron chi connectivity index (χ4n) is 1.58. The lowest BCUT2D eigenvalue weighted by atomic mass is 10.2. The molecule has 0 radical (unpaired) electrons. The maximum atomic E-state index is 11.6. The van der Waals surface area contributed by atoms with Gasteiger partial charge in [-0.05, 0) is 19.1 Å². The van der Waals surface area contributed by atoms with Crippen LogP contribution in [0.25, 0.3) is 10.9 Å². The van der Waals surface area contributed by atoms with Gasteiger partial charge < -0.3 is 0 Å². The van der Waals surface area contributed by atoms with Crippen LogP contribution in [0.4, 0.5) is 0 Å². The molecule has 1 heterocycles. The normalized spacial score (nSPS) is 9.93. The molecule has 0 atom stereocenters. The Balaban J connectivity index is 0.000000531. The van der Waals surface area contributed by atoms with Crippen molar-refractivity contribution in [2.24, 2.45) is 14.1 Å². The zero-order chi connectivity index (χ0) is 11.6. The quantitative estimate of drug-likeness (QED) is 0.649. The van der Waals surface area contributed by atoms with Crippen molar-refractivity contribution in [2.45, 2.75) is 20.8 Å². The SMILES string of the molecule is CC.Cc1ccc2c(c1)c(=O)n(C)n2C. The predicted octanol–water partition coefficient (Wildman–Crippen LogP) is 2.21. The topological polar surface area (TPSA) is 26.9 Å². The molecule has 3 nitrogen and oxygen atoms in total. The van der Waals surface area contributed by atoms with Crippen LogP contribution in [0.1, 0.15) is 19.4 Å². The van der Waals surface area contributed by atoms with E-state index in [9.17, 15) is 4.79 Å². The highest BCUT2D eigenvalue weighted by atomic mass is 16.1. The third kappa shape index (κ3) is 1.82. The van der Waals surface area contributed by atoms with Crippen molar-refractivity contribution in [1.29, 1.82) is 0 Å². The molecule has 82 valence electrons. The van der Waals surface area contributed by atoms with E-state index >= 15 is 0 Å². The Morgan fingerprint density at radius 3 is 2.27 bits per heavy atom. The molecule has 0 amide bonds. The summed E-state index contributed by atoms with van der Waals surface area (Å²) < 4.78 is 3.47. The summed E-state index contributed by atoms with van der Waals surface area (Å²) in [6.07, 6.45) is 0. The number of nitrogens with zero attached hydrogens (tertiary/aromatic N) is 2. The summed E-state index contributed by atoms with van der Waals surface area (Å²) in [5.41, 5.74) is 2.18. The van der Waals surface area contributed by atoms with Gasteiger partial charge in [0.15, 0.2) is 0 Å². The smallest absolute Gasteiger partial charge is 0.274 e. The Hall–Kier alpha value is -1.51. The summed E-state index contributed by atoms with van der Waals surface area (Å²) in [4.78, 5) is 11.6. The van der Waals surface area contributed by atoms with E-state index in [0.29, 0.717) is 0 Å². The van der Waals surface area contributed by atoms with Gasteiger partial charge in [-0.1, -0.05) is 25.5 Å². The Labute approximate surface area is 89.9 Å². The maximum Gasteiger partial charge on any atom is 0.274 e. The second-order valence-electron chi connectivity index (χ2n) is 3.37. The van der Waals surface area contributed by atoms with E-state index in [2.05, 4.69) is 0 Å². The molecule has 1 aromatic carbocycles. The predicted molar refractivity (Wildman–Crippen MR) is 64.2 cm³/mol. The van der Waals surface area contributed by atoms with Crippen molar-refractivity contribution < 1.29 is 0 Å². The van der Waals surface area contributed by atoms with E-state index in [1.54, 1.807) is 11.7 Å². The standard InChI is InChI=1S/C10H12N2O.C2H6/c1-7-4-5-9-8(6-7)10(13)12(3)11(9)2;1-2/h4-6H,1-3H3;1-2H3. The fourth-order valence-corrected chi connectivity index (χ4v) is 1.58. The van der Waals surface area contributed by atoms with E-state index in [0.717, 1.165) is 16.5 Å². The molecule has 0 aliphatic heterocycles. The molecule has 0 N–H and O–H groups in total. The Morgan fingerprint density at radius 1 is 1.07 bits per heavy atom. The molecule has 15 heavy (non-hydrogen) atoms. The van der Waals surface area contributed by atoms with E-state index in [1.807, 2.05) is 50.7 Å². The zero-order valence-corrected chi connectivity index (χ0v) is 10.0. The summed E-state index contributed by atoms with van der Waals surface area (Å²) in [6, 6.07) is 5.92. The van der Waals surface area contributed by atoms with E-state index in [-0.39, 0.29) is 5.56 Å². The number of aromatic nitrogens is 2. The number of aryl methyl sites for hydroxylation is 2. The van der Waals surface area contributed by atoms with Gasteiger partial charge in [-0.3, -0.25) is 14.2 Å². The fraction of sp³-hybridized carbons (Fsp3) is 0.417. The number of rotatable bonds is 0. The molecular formula is C12H18N2O. The second-order valence-corrected chi connectivity index (χ2v) is 3.37. The monoisotopic (exact) mass is 206 g/mol. The Kier molecular flexibility index (Phi) is 3.35. The third-order valence-corrected chi connectivity index (χ3v) is 2.48. The van der Waals surface area contributed by atoms with Crippen molar-refractivity contribution in [3.63, 3.8) is 0 Å². The van der Waals surface area contributed by atoms with Gasteiger partial charge in [-0.15, -0.1) is 0 Å². The largest absolute Gasteiger partial charge is 0.285 e. The molecule has 1 aromatic heterocycles. The van der Waals surface area contributed by atoms with Gasteiger partial charge >= 0.3 is 0 Å². The van der Waals surface area contributed by atoms with Gasteiger partial charge in [0, 0.05) is 14.1 Å². The average Bonchev–Trinajstić information content (AvgIpc) is 2.47. The molecule has 3 heteroatoms. The first-order valence-electron chi connectivity index (χ1n) is 5.23. The number of benzene rings is 1. The molecule has 0 saturated heterocycles. The molecule has 0 spiro atoms. The molecular weight excluding hydrogens is 188 g/mol. The summed E-state index contributed by atoms with van der Waals surface area (Å²) >= 11 is 0. The van der Waals surface area contributed by atoms with E-state index in [4.69, 9.17) is 0 Å². The highest BCUT2D eigenvalue weighted by molar-refractivity contribution is 5.79. The van der Waals surface area contributed by atoms with Crippen LogP contribution in [0.2, 0.25) is 0 Å². The maximum absolute atomic E-state index is 11.6. The minimum Gasteiger partial charge on any atom is -0.285 e. The molecule has 0 aliphatic carbocycles. The van der Waals surface area contributed by atoms with E-state index < -0.39 is 0 Å². The van der Waals surface area contributed by atoms with Gasteiger partial charge in [0.05, 0.1) is 10.9 Å². The van der Waals surface area contributed by atoms with Crippen LogP contribution in [0.15, 0.2) is 23.0 Å². The lowest BCUT2D eigenvalue weighted by molar-refractivity contribution is 0.595. The third-order valence-electron chi connectivity index (χ3n) is 2.48. The summed E-state index contributed by atoms with van der Waals surface area (Å²) in [7, 11) is 3.66. The van der Waals surface area contributed by atoms with Crippen molar-refractivity contribution >= 4 is 10.9 Å². The van der Waals surface area contributed by atoms with Crippen LogP contribution in [0.5, 0.6) is 0 Å². The molecule has 0 unspecified atom stereocenters. The first-order valence-corrected chi connectivity index (χ1v) is 5.23. The van der Waals surface area contributed by atoms with Crippen molar-refractivity contribution in [3.05, 3.63) is 34.1 Å². The summed E-state index contributed by atoms with van der Waals surface area (Å²) in [5, 5.41) is 0.796. The van der Waals surface area contributed by atoms with Crippen LogP contribution in [-0.4, -0.2) is 9.36 Å². The first kappa shape index (κ1) is 11.6.